The third kappa shape index (κ3) is 3.65. The lowest BCUT2D eigenvalue weighted by Crippen LogP contribution is -2.30. The predicted octanol–water partition coefficient (Wildman–Crippen LogP) is 2.61. The van der Waals surface area contributed by atoms with E-state index in [1.807, 2.05) is 0 Å². The van der Waals surface area contributed by atoms with Gasteiger partial charge in [0.1, 0.15) is 5.75 Å². The number of anilines is 1. The maximum absolute atomic E-state index is 12.2. The van der Waals surface area contributed by atoms with Crippen LogP contribution in [-0.4, -0.2) is 31.9 Å². The van der Waals surface area contributed by atoms with Gasteiger partial charge in [0.2, 0.25) is 6.79 Å². The summed E-state index contributed by atoms with van der Waals surface area (Å²) >= 11 is 0. The van der Waals surface area contributed by atoms with Gasteiger partial charge in [-0.05, 0) is 37.3 Å². The molecule has 25 heavy (non-hydrogen) atoms. The number of rotatable bonds is 5. The first kappa shape index (κ1) is 16.6. The Hall–Kier alpha value is -3.22. The van der Waals surface area contributed by atoms with Crippen molar-refractivity contribution >= 4 is 17.6 Å². The Bertz CT molecular complexity index is 804. The van der Waals surface area contributed by atoms with Crippen LogP contribution in [0.2, 0.25) is 0 Å². The van der Waals surface area contributed by atoms with E-state index in [9.17, 15) is 9.59 Å². The van der Waals surface area contributed by atoms with Gasteiger partial charge in [0.15, 0.2) is 17.6 Å². The van der Waals surface area contributed by atoms with Gasteiger partial charge < -0.3 is 24.3 Å². The van der Waals surface area contributed by atoms with Gasteiger partial charge in [-0.1, -0.05) is 12.1 Å². The second kappa shape index (κ2) is 7.12. The lowest BCUT2D eigenvalue weighted by atomic mass is 10.2. The minimum atomic E-state index is -0.983. The highest BCUT2D eigenvalue weighted by atomic mass is 16.7. The highest BCUT2D eigenvalue weighted by Gasteiger charge is 2.22. The van der Waals surface area contributed by atoms with Crippen LogP contribution in [0.3, 0.4) is 0 Å². The number of fused-ring (bicyclic) bond motifs is 1. The zero-order chi connectivity index (χ0) is 17.8. The summed E-state index contributed by atoms with van der Waals surface area (Å²) in [5.41, 5.74) is 0.780. The number of carbonyl (C=O) groups is 2. The minimum Gasteiger partial charge on any atom is -0.495 e. The average Bonchev–Trinajstić information content (AvgIpc) is 3.09. The van der Waals surface area contributed by atoms with E-state index < -0.39 is 18.0 Å². The van der Waals surface area contributed by atoms with Crippen LogP contribution in [0.5, 0.6) is 17.2 Å². The van der Waals surface area contributed by atoms with E-state index in [0.29, 0.717) is 22.9 Å². The Balaban J connectivity index is 1.64. The minimum absolute atomic E-state index is 0.117. The SMILES string of the molecule is COc1ccccc1NC(=O)C(C)OC(=O)c1ccc2c(c1)OCO2. The van der Waals surface area contributed by atoms with Gasteiger partial charge in [0, 0.05) is 0 Å². The zero-order valence-electron chi connectivity index (χ0n) is 13.8. The quantitative estimate of drug-likeness (QED) is 0.840. The Kier molecular flexibility index (Phi) is 4.74. The predicted molar refractivity (Wildman–Crippen MR) is 89.1 cm³/mol. The number of ether oxygens (including phenoxy) is 4. The third-order valence-electron chi connectivity index (χ3n) is 3.63. The largest absolute Gasteiger partial charge is 0.495 e. The maximum Gasteiger partial charge on any atom is 0.339 e. The van der Waals surface area contributed by atoms with Crippen molar-refractivity contribution in [2.45, 2.75) is 13.0 Å². The van der Waals surface area contributed by atoms with E-state index in [0.717, 1.165) is 0 Å². The number of nitrogens with one attached hydrogen (secondary N) is 1. The van der Waals surface area contributed by atoms with Crippen molar-refractivity contribution in [3.05, 3.63) is 48.0 Å². The lowest BCUT2D eigenvalue weighted by Gasteiger charge is -2.15. The molecule has 1 aliphatic heterocycles. The fraction of sp³-hybridized carbons (Fsp3) is 0.222. The molecule has 1 N–H and O–H groups in total. The van der Waals surface area contributed by atoms with Crippen LogP contribution in [-0.2, 0) is 9.53 Å². The Morgan fingerprint density at radius 1 is 1.12 bits per heavy atom. The summed E-state index contributed by atoms with van der Waals surface area (Å²) in [5, 5.41) is 2.67. The third-order valence-corrected chi connectivity index (χ3v) is 3.63. The molecule has 130 valence electrons. The van der Waals surface area contributed by atoms with Gasteiger partial charge in [-0.25, -0.2) is 4.79 Å². The van der Waals surface area contributed by atoms with Crippen LogP contribution in [0.4, 0.5) is 5.69 Å². The molecule has 7 heteroatoms. The van der Waals surface area contributed by atoms with Crippen molar-refractivity contribution in [2.75, 3.05) is 19.2 Å². The monoisotopic (exact) mass is 343 g/mol. The molecule has 0 radical (unpaired) electrons. The topological polar surface area (TPSA) is 83.1 Å². The van der Waals surface area contributed by atoms with Gasteiger partial charge in [-0.2, -0.15) is 0 Å². The van der Waals surface area contributed by atoms with Crippen LogP contribution in [0.1, 0.15) is 17.3 Å². The molecule has 1 heterocycles. The number of carbonyl (C=O) groups excluding carboxylic acids is 2. The molecule has 0 bridgehead atoms. The van der Waals surface area contributed by atoms with Gasteiger partial charge in [-0.3, -0.25) is 4.79 Å². The number of hydrogen-bond acceptors (Lipinski definition) is 6. The van der Waals surface area contributed by atoms with Crippen molar-refractivity contribution in [3.8, 4) is 17.2 Å². The van der Waals surface area contributed by atoms with Crippen LogP contribution < -0.4 is 19.5 Å². The molecule has 2 aromatic rings. The summed E-state index contributed by atoms with van der Waals surface area (Å²) in [4.78, 5) is 24.5. The number of hydrogen-bond donors (Lipinski definition) is 1. The number of esters is 1. The molecule has 1 unspecified atom stereocenters. The average molecular weight is 343 g/mol. The maximum atomic E-state index is 12.2. The number of methoxy groups -OCH3 is 1. The zero-order valence-corrected chi connectivity index (χ0v) is 13.8. The van der Waals surface area contributed by atoms with Gasteiger partial charge in [-0.15, -0.1) is 0 Å². The molecule has 1 atom stereocenters. The molecule has 1 aliphatic rings. The van der Waals surface area contributed by atoms with Crippen molar-refractivity contribution in [1.29, 1.82) is 0 Å². The Morgan fingerprint density at radius 2 is 1.88 bits per heavy atom. The second-order valence-corrected chi connectivity index (χ2v) is 5.31. The summed E-state index contributed by atoms with van der Waals surface area (Å²) in [6, 6.07) is 11.7. The fourth-order valence-corrected chi connectivity index (χ4v) is 2.29. The van der Waals surface area contributed by atoms with E-state index in [1.54, 1.807) is 36.4 Å². The van der Waals surface area contributed by atoms with E-state index in [2.05, 4.69) is 5.32 Å². The van der Waals surface area contributed by atoms with E-state index in [1.165, 1.54) is 20.1 Å². The molecular weight excluding hydrogens is 326 g/mol. The molecule has 0 aliphatic carbocycles. The Labute approximate surface area is 144 Å². The van der Waals surface area contributed by atoms with Crippen molar-refractivity contribution in [3.63, 3.8) is 0 Å². The molecule has 2 aromatic carbocycles. The fourth-order valence-electron chi connectivity index (χ4n) is 2.29. The number of amides is 1. The molecule has 0 fully saturated rings. The molecule has 0 saturated heterocycles. The van der Waals surface area contributed by atoms with Crippen molar-refractivity contribution in [1.82, 2.24) is 0 Å². The summed E-state index contributed by atoms with van der Waals surface area (Å²) < 4.78 is 20.8. The van der Waals surface area contributed by atoms with E-state index in [-0.39, 0.29) is 12.4 Å². The molecule has 0 aromatic heterocycles. The highest BCUT2D eigenvalue weighted by Crippen LogP contribution is 2.32. The van der Waals surface area contributed by atoms with Crippen LogP contribution in [0, 0.1) is 0 Å². The molecule has 1 amide bonds. The molecule has 3 rings (SSSR count). The standard InChI is InChI=1S/C18H17NO6/c1-11(17(20)19-13-5-3-4-6-14(13)22-2)25-18(21)12-7-8-15-16(9-12)24-10-23-15/h3-9,11H,10H2,1-2H3,(H,19,20). The second-order valence-electron chi connectivity index (χ2n) is 5.31. The summed E-state index contributed by atoms with van der Waals surface area (Å²) in [6.07, 6.45) is -0.983. The first-order chi connectivity index (χ1) is 12.1. The molecule has 0 saturated carbocycles. The van der Waals surface area contributed by atoms with Crippen LogP contribution in [0.25, 0.3) is 0 Å². The van der Waals surface area contributed by atoms with Gasteiger partial charge in [0.25, 0.3) is 5.91 Å². The molecular formula is C18H17NO6. The highest BCUT2D eigenvalue weighted by molar-refractivity contribution is 5.98. The molecule has 0 spiro atoms. The summed E-state index contributed by atoms with van der Waals surface area (Å²) in [6.45, 7) is 1.61. The number of para-hydroxylation sites is 2. The van der Waals surface area contributed by atoms with Crippen LogP contribution >= 0.6 is 0 Å². The summed E-state index contributed by atoms with van der Waals surface area (Å²) in [7, 11) is 1.51. The van der Waals surface area contributed by atoms with Crippen molar-refractivity contribution < 1.29 is 28.5 Å². The van der Waals surface area contributed by atoms with Crippen molar-refractivity contribution in [2.24, 2.45) is 0 Å². The first-order valence-corrected chi connectivity index (χ1v) is 7.63. The smallest absolute Gasteiger partial charge is 0.339 e. The number of benzene rings is 2. The van der Waals surface area contributed by atoms with E-state index in [4.69, 9.17) is 18.9 Å². The lowest BCUT2D eigenvalue weighted by molar-refractivity contribution is -0.123. The Morgan fingerprint density at radius 3 is 2.68 bits per heavy atom. The first-order valence-electron chi connectivity index (χ1n) is 7.63. The summed E-state index contributed by atoms with van der Waals surface area (Å²) in [5.74, 6) is 0.476. The van der Waals surface area contributed by atoms with Gasteiger partial charge in [0.05, 0.1) is 18.4 Å². The van der Waals surface area contributed by atoms with Gasteiger partial charge >= 0.3 is 5.97 Å². The normalized spacial score (nSPS) is 13.0. The molecule has 7 nitrogen and oxygen atoms in total. The van der Waals surface area contributed by atoms with E-state index >= 15 is 0 Å². The van der Waals surface area contributed by atoms with Crippen LogP contribution in [0.15, 0.2) is 42.5 Å².